The minimum atomic E-state index is -3.58. The van der Waals surface area contributed by atoms with E-state index >= 15 is 0 Å². The fourth-order valence-electron chi connectivity index (χ4n) is 3.49. The summed E-state index contributed by atoms with van der Waals surface area (Å²) in [6.07, 6.45) is 5.38. The van der Waals surface area contributed by atoms with Crippen molar-refractivity contribution in [3.8, 4) is 5.75 Å². The van der Waals surface area contributed by atoms with Gasteiger partial charge in [-0.25, -0.2) is 13.1 Å². The van der Waals surface area contributed by atoms with Crippen LogP contribution in [-0.4, -0.2) is 15.0 Å². The second-order valence-electron chi connectivity index (χ2n) is 6.72. The maximum atomic E-state index is 12.8. The number of sulfonamides is 1. The number of nitrogens with one attached hydrogen (secondary N) is 1. The Balaban J connectivity index is 1.80. The average Bonchev–Trinajstić information content (AvgIpc) is 2.66. The van der Waals surface area contributed by atoms with Gasteiger partial charge in [-0.1, -0.05) is 25.1 Å². The average molecular weight is 374 g/mol. The first-order chi connectivity index (χ1) is 12.5. The van der Waals surface area contributed by atoms with E-state index in [2.05, 4.69) is 22.9 Å². The van der Waals surface area contributed by atoms with Crippen LogP contribution in [0.25, 0.3) is 0 Å². The number of rotatable bonds is 7. The van der Waals surface area contributed by atoms with Crippen LogP contribution < -0.4 is 9.46 Å². The predicted octanol–water partition coefficient (Wildman–Crippen LogP) is 4.39. The van der Waals surface area contributed by atoms with E-state index in [9.17, 15) is 8.42 Å². The van der Waals surface area contributed by atoms with E-state index in [4.69, 9.17) is 4.74 Å². The number of fused-ring (bicyclic) bond motifs is 1. The van der Waals surface area contributed by atoms with Gasteiger partial charge >= 0.3 is 0 Å². The lowest BCUT2D eigenvalue weighted by atomic mass is 9.89. The maximum absolute atomic E-state index is 12.8. The van der Waals surface area contributed by atoms with Crippen LogP contribution in [0.5, 0.6) is 5.75 Å². The van der Waals surface area contributed by atoms with Crippen molar-refractivity contribution in [2.45, 2.75) is 56.9 Å². The molecule has 4 nitrogen and oxygen atoms in total. The lowest BCUT2D eigenvalue weighted by Crippen LogP contribution is -2.28. The molecule has 2 aromatic carbocycles. The zero-order valence-electron chi connectivity index (χ0n) is 15.5. The van der Waals surface area contributed by atoms with Crippen molar-refractivity contribution >= 4 is 10.0 Å². The molecule has 0 aliphatic heterocycles. The first-order valence-electron chi connectivity index (χ1n) is 9.40. The van der Waals surface area contributed by atoms with Gasteiger partial charge in [0.15, 0.2) is 0 Å². The van der Waals surface area contributed by atoms with Gasteiger partial charge in [-0.05, 0) is 80.0 Å². The third kappa shape index (κ3) is 4.27. The first-order valence-corrected chi connectivity index (χ1v) is 10.9. The minimum absolute atomic E-state index is 0.223. The normalized spacial score (nSPS) is 15.3. The van der Waals surface area contributed by atoms with Gasteiger partial charge in [-0.2, -0.15) is 0 Å². The standard InChI is InChI=1S/C21H27NO3S/c1-3-21(18-10-9-16-7-5-6-8-17(16)15-18)22-26(23,24)20-13-11-19(12-14-20)25-4-2/h9-15,21-22H,3-8H2,1-2H3/t21-/m0/s1. The number of hydrogen-bond acceptors (Lipinski definition) is 3. The van der Waals surface area contributed by atoms with Gasteiger partial charge in [0.05, 0.1) is 11.5 Å². The zero-order chi connectivity index (χ0) is 18.6. The van der Waals surface area contributed by atoms with Crippen LogP contribution in [0.1, 0.15) is 55.8 Å². The highest BCUT2D eigenvalue weighted by Crippen LogP contribution is 2.27. The lowest BCUT2D eigenvalue weighted by molar-refractivity contribution is 0.340. The Labute approximate surface area is 156 Å². The van der Waals surface area contributed by atoms with Crippen molar-refractivity contribution in [2.75, 3.05) is 6.61 Å². The summed E-state index contributed by atoms with van der Waals surface area (Å²) in [7, 11) is -3.58. The highest BCUT2D eigenvalue weighted by molar-refractivity contribution is 7.89. The molecule has 140 valence electrons. The van der Waals surface area contributed by atoms with Crippen LogP contribution in [-0.2, 0) is 22.9 Å². The molecule has 1 atom stereocenters. The van der Waals surface area contributed by atoms with Crippen molar-refractivity contribution in [2.24, 2.45) is 0 Å². The van der Waals surface area contributed by atoms with Crippen LogP contribution in [0.2, 0.25) is 0 Å². The number of hydrogen-bond donors (Lipinski definition) is 1. The molecule has 1 aliphatic rings. The Morgan fingerprint density at radius 3 is 2.35 bits per heavy atom. The van der Waals surface area contributed by atoms with Gasteiger partial charge in [0, 0.05) is 6.04 Å². The molecule has 0 bridgehead atoms. The molecule has 0 heterocycles. The predicted molar refractivity (Wildman–Crippen MR) is 104 cm³/mol. The van der Waals surface area contributed by atoms with Crippen LogP contribution in [0.3, 0.4) is 0 Å². The van der Waals surface area contributed by atoms with Crippen molar-refractivity contribution in [3.05, 3.63) is 59.2 Å². The minimum Gasteiger partial charge on any atom is -0.494 e. The number of aryl methyl sites for hydroxylation is 2. The van der Waals surface area contributed by atoms with E-state index in [1.54, 1.807) is 24.3 Å². The molecule has 0 unspecified atom stereocenters. The molecule has 1 aliphatic carbocycles. The largest absolute Gasteiger partial charge is 0.494 e. The van der Waals surface area contributed by atoms with E-state index in [1.807, 2.05) is 13.8 Å². The molecule has 0 saturated heterocycles. The van der Waals surface area contributed by atoms with Crippen LogP contribution >= 0.6 is 0 Å². The van der Waals surface area contributed by atoms with Gasteiger partial charge in [-0.15, -0.1) is 0 Å². The van der Waals surface area contributed by atoms with Crippen molar-refractivity contribution in [3.63, 3.8) is 0 Å². The van der Waals surface area contributed by atoms with Crippen molar-refractivity contribution in [1.82, 2.24) is 4.72 Å². The zero-order valence-corrected chi connectivity index (χ0v) is 16.3. The van der Waals surface area contributed by atoms with E-state index in [-0.39, 0.29) is 10.9 Å². The summed E-state index contributed by atoms with van der Waals surface area (Å²) in [4.78, 5) is 0.261. The van der Waals surface area contributed by atoms with E-state index in [1.165, 1.54) is 24.0 Å². The second-order valence-corrected chi connectivity index (χ2v) is 8.44. The molecule has 0 spiro atoms. The Hall–Kier alpha value is -1.85. The van der Waals surface area contributed by atoms with Gasteiger partial charge < -0.3 is 4.74 Å². The summed E-state index contributed by atoms with van der Waals surface area (Å²) in [6, 6.07) is 12.8. The molecular weight excluding hydrogens is 346 g/mol. The fraction of sp³-hybridized carbons (Fsp3) is 0.429. The topological polar surface area (TPSA) is 55.4 Å². The maximum Gasteiger partial charge on any atom is 0.241 e. The third-order valence-electron chi connectivity index (χ3n) is 4.93. The van der Waals surface area contributed by atoms with E-state index in [0.717, 1.165) is 18.4 Å². The Morgan fingerprint density at radius 2 is 1.69 bits per heavy atom. The molecule has 5 heteroatoms. The lowest BCUT2D eigenvalue weighted by Gasteiger charge is -2.21. The quantitative estimate of drug-likeness (QED) is 0.783. The summed E-state index contributed by atoms with van der Waals surface area (Å²) in [5.41, 5.74) is 3.82. The second kappa shape index (κ2) is 8.23. The Morgan fingerprint density at radius 1 is 1.00 bits per heavy atom. The molecule has 0 radical (unpaired) electrons. The molecule has 26 heavy (non-hydrogen) atoms. The summed E-state index contributed by atoms with van der Waals surface area (Å²) in [5, 5.41) is 0. The molecule has 0 fully saturated rings. The van der Waals surface area contributed by atoms with Gasteiger partial charge in [0.25, 0.3) is 0 Å². The molecule has 3 rings (SSSR count). The monoisotopic (exact) mass is 373 g/mol. The van der Waals surface area contributed by atoms with Crippen molar-refractivity contribution in [1.29, 1.82) is 0 Å². The molecule has 0 amide bonds. The molecule has 0 saturated carbocycles. The smallest absolute Gasteiger partial charge is 0.241 e. The molecule has 2 aromatic rings. The summed E-state index contributed by atoms with van der Waals surface area (Å²) < 4.78 is 33.8. The number of ether oxygens (including phenoxy) is 1. The van der Waals surface area contributed by atoms with Gasteiger partial charge in [0.1, 0.15) is 5.75 Å². The molecule has 1 N–H and O–H groups in total. The summed E-state index contributed by atoms with van der Waals surface area (Å²) in [5.74, 6) is 0.674. The third-order valence-corrected chi connectivity index (χ3v) is 6.41. The SMILES string of the molecule is CCOc1ccc(S(=O)(=O)N[C@@H](CC)c2ccc3c(c2)CCCC3)cc1. The van der Waals surface area contributed by atoms with E-state index < -0.39 is 10.0 Å². The summed E-state index contributed by atoms with van der Waals surface area (Å²) in [6.45, 7) is 4.46. The summed E-state index contributed by atoms with van der Waals surface area (Å²) >= 11 is 0. The van der Waals surface area contributed by atoms with Gasteiger partial charge in [0.2, 0.25) is 10.0 Å². The highest BCUT2D eigenvalue weighted by Gasteiger charge is 2.21. The van der Waals surface area contributed by atoms with Gasteiger partial charge in [-0.3, -0.25) is 0 Å². The Kier molecular flexibility index (Phi) is 5.99. The van der Waals surface area contributed by atoms with Crippen LogP contribution in [0.15, 0.2) is 47.4 Å². The highest BCUT2D eigenvalue weighted by atomic mass is 32.2. The van der Waals surface area contributed by atoms with E-state index in [0.29, 0.717) is 18.8 Å². The Bertz CT molecular complexity index is 844. The fourth-order valence-corrected chi connectivity index (χ4v) is 4.80. The van der Waals surface area contributed by atoms with Crippen LogP contribution in [0, 0.1) is 0 Å². The molecular formula is C21H27NO3S. The molecule has 0 aromatic heterocycles. The van der Waals surface area contributed by atoms with Crippen LogP contribution in [0.4, 0.5) is 0 Å². The first kappa shape index (κ1) is 18.9. The van der Waals surface area contributed by atoms with Crippen molar-refractivity contribution < 1.29 is 13.2 Å². The number of benzene rings is 2.